The first-order valence-electron chi connectivity index (χ1n) is 10.8. The zero-order chi connectivity index (χ0) is 22.1. The first kappa shape index (κ1) is 20.5. The molecule has 0 radical (unpaired) electrons. The Bertz CT molecular complexity index is 1320. The number of carbonyl (C=O) groups is 1. The van der Waals surface area contributed by atoms with Crippen LogP contribution < -0.4 is 15.8 Å². The lowest BCUT2D eigenvalue weighted by Crippen LogP contribution is -2.27. The number of nitrogens with one attached hydrogen (secondary N) is 1. The zero-order valence-corrected chi connectivity index (χ0v) is 18.7. The van der Waals surface area contributed by atoms with Gasteiger partial charge in [-0.3, -0.25) is 14.2 Å². The Labute approximate surface area is 190 Å². The number of amides is 1. The van der Waals surface area contributed by atoms with E-state index in [0.29, 0.717) is 10.2 Å². The van der Waals surface area contributed by atoms with Crippen LogP contribution in [-0.2, 0) is 11.3 Å². The highest BCUT2D eigenvalue weighted by molar-refractivity contribution is 7.22. The number of aryl methyl sites for hydroxylation is 1. The van der Waals surface area contributed by atoms with Crippen molar-refractivity contribution in [1.29, 1.82) is 0 Å². The van der Waals surface area contributed by atoms with E-state index in [1.54, 1.807) is 0 Å². The molecule has 5 rings (SSSR count). The van der Waals surface area contributed by atoms with Crippen LogP contribution in [0.5, 0.6) is 0 Å². The summed E-state index contributed by atoms with van der Waals surface area (Å²) >= 11 is 1.50. The van der Waals surface area contributed by atoms with Crippen LogP contribution in [0.15, 0.2) is 65.7 Å². The summed E-state index contributed by atoms with van der Waals surface area (Å²) in [5.41, 5.74) is 3.67. The summed E-state index contributed by atoms with van der Waals surface area (Å²) in [5.74, 6) is -0.252. The van der Waals surface area contributed by atoms with Crippen molar-refractivity contribution >= 4 is 38.8 Å². The molecule has 32 heavy (non-hydrogen) atoms. The fraction of sp³-hybridized carbons (Fsp3) is 0.240. The molecular formula is C25H24N4O2S. The quantitative estimate of drug-likeness (QED) is 0.486. The standard InChI is InChI=1S/C25H24N4O2S/c1-17-22-24(32-23(17)18-7-3-2-4-8-18)26-16-29(25(22)31)15-21(30)27-19-9-11-20(12-10-19)28-13-5-6-14-28/h2-4,7-12,16H,5-6,13-15H2,1H3,(H,27,30). The molecule has 0 saturated carbocycles. The van der Waals surface area contributed by atoms with E-state index in [1.807, 2.05) is 61.5 Å². The summed E-state index contributed by atoms with van der Waals surface area (Å²) < 4.78 is 1.38. The molecule has 1 saturated heterocycles. The number of carbonyl (C=O) groups excluding carboxylic acids is 1. The normalized spacial score (nSPS) is 13.6. The van der Waals surface area contributed by atoms with Gasteiger partial charge in [-0.1, -0.05) is 30.3 Å². The maximum atomic E-state index is 13.1. The Hall–Kier alpha value is -3.45. The van der Waals surface area contributed by atoms with Crippen molar-refractivity contribution in [2.75, 3.05) is 23.3 Å². The van der Waals surface area contributed by atoms with Gasteiger partial charge in [0.2, 0.25) is 5.91 Å². The molecule has 1 N–H and O–H groups in total. The highest BCUT2D eigenvalue weighted by Gasteiger charge is 2.17. The van der Waals surface area contributed by atoms with Crippen molar-refractivity contribution in [2.24, 2.45) is 0 Å². The summed E-state index contributed by atoms with van der Waals surface area (Å²) in [5, 5.41) is 3.47. The number of benzene rings is 2. The van der Waals surface area contributed by atoms with Gasteiger partial charge in [0.1, 0.15) is 11.4 Å². The van der Waals surface area contributed by atoms with E-state index >= 15 is 0 Å². The summed E-state index contributed by atoms with van der Waals surface area (Å²) in [4.78, 5) is 34.3. The minimum absolute atomic E-state index is 0.0778. The van der Waals surface area contributed by atoms with Crippen molar-refractivity contribution in [3.8, 4) is 10.4 Å². The summed E-state index contributed by atoms with van der Waals surface area (Å²) in [6.45, 7) is 4.03. The third-order valence-corrected chi connectivity index (χ3v) is 7.14. The number of hydrogen-bond acceptors (Lipinski definition) is 5. The van der Waals surface area contributed by atoms with Crippen molar-refractivity contribution in [3.63, 3.8) is 0 Å². The lowest BCUT2D eigenvalue weighted by Gasteiger charge is -2.17. The van der Waals surface area contributed by atoms with Gasteiger partial charge in [-0.15, -0.1) is 11.3 Å². The molecule has 0 atom stereocenters. The number of aromatic nitrogens is 2. The number of nitrogens with zero attached hydrogens (tertiary/aromatic N) is 3. The second kappa shape index (κ2) is 8.59. The van der Waals surface area contributed by atoms with E-state index < -0.39 is 0 Å². The van der Waals surface area contributed by atoms with Gasteiger partial charge in [-0.25, -0.2) is 4.98 Å². The fourth-order valence-corrected chi connectivity index (χ4v) is 5.37. The van der Waals surface area contributed by atoms with E-state index in [4.69, 9.17) is 0 Å². The molecule has 6 nitrogen and oxygen atoms in total. The molecule has 0 aliphatic carbocycles. The van der Waals surface area contributed by atoms with Gasteiger partial charge in [-0.2, -0.15) is 0 Å². The second-order valence-corrected chi connectivity index (χ2v) is 9.07. The monoisotopic (exact) mass is 444 g/mol. The van der Waals surface area contributed by atoms with E-state index in [0.717, 1.165) is 34.8 Å². The number of hydrogen-bond donors (Lipinski definition) is 1. The van der Waals surface area contributed by atoms with Gasteiger partial charge >= 0.3 is 0 Å². The van der Waals surface area contributed by atoms with Gasteiger partial charge in [0.25, 0.3) is 5.56 Å². The lowest BCUT2D eigenvalue weighted by atomic mass is 10.1. The molecule has 2 aromatic heterocycles. The van der Waals surface area contributed by atoms with Crippen molar-refractivity contribution in [3.05, 3.63) is 76.8 Å². The molecule has 0 bridgehead atoms. The van der Waals surface area contributed by atoms with Crippen LogP contribution in [0.4, 0.5) is 11.4 Å². The maximum absolute atomic E-state index is 13.1. The Balaban J connectivity index is 1.34. The van der Waals surface area contributed by atoms with Crippen molar-refractivity contribution in [2.45, 2.75) is 26.3 Å². The number of fused-ring (bicyclic) bond motifs is 1. The Morgan fingerprint density at radius 3 is 2.50 bits per heavy atom. The Kier molecular flexibility index (Phi) is 5.49. The smallest absolute Gasteiger partial charge is 0.262 e. The zero-order valence-electron chi connectivity index (χ0n) is 17.9. The summed E-state index contributed by atoms with van der Waals surface area (Å²) in [6.07, 6.45) is 3.91. The van der Waals surface area contributed by atoms with Gasteiger partial charge in [0.15, 0.2) is 0 Å². The first-order valence-corrected chi connectivity index (χ1v) is 11.6. The Morgan fingerprint density at radius 1 is 1.06 bits per heavy atom. The predicted molar refractivity (Wildman–Crippen MR) is 131 cm³/mol. The van der Waals surface area contributed by atoms with Crippen LogP contribution in [0.25, 0.3) is 20.7 Å². The summed E-state index contributed by atoms with van der Waals surface area (Å²) in [6, 6.07) is 17.9. The average molecular weight is 445 g/mol. The first-order chi connectivity index (χ1) is 15.6. The van der Waals surface area contributed by atoms with Crippen LogP contribution in [0, 0.1) is 6.92 Å². The molecular weight excluding hydrogens is 420 g/mol. The second-order valence-electron chi connectivity index (χ2n) is 8.07. The number of anilines is 2. The topological polar surface area (TPSA) is 67.2 Å². The molecule has 1 aliphatic rings. The van der Waals surface area contributed by atoms with E-state index in [9.17, 15) is 9.59 Å². The van der Waals surface area contributed by atoms with Crippen LogP contribution in [0.3, 0.4) is 0 Å². The molecule has 0 spiro atoms. The molecule has 7 heteroatoms. The minimum Gasteiger partial charge on any atom is -0.372 e. The van der Waals surface area contributed by atoms with Crippen LogP contribution in [0.2, 0.25) is 0 Å². The maximum Gasteiger partial charge on any atom is 0.262 e. The molecule has 1 fully saturated rings. The van der Waals surface area contributed by atoms with E-state index in [2.05, 4.69) is 15.2 Å². The Morgan fingerprint density at radius 2 is 1.78 bits per heavy atom. The largest absolute Gasteiger partial charge is 0.372 e. The van der Waals surface area contributed by atoms with Crippen LogP contribution >= 0.6 is 11.3 Å². The minimum atomic E-state index is -0.252. The molecule has 1 amide bonds. The highest BCUT2D eigenvalue weighted by Crippen LogP contribution is 2.35. The molecule has 4 aromatic rings. The lowest BCUT2D eigenvalue weighted by molar-refractivity contribution is -0.116. The predicted octanol–water partition coefficient (Wildman–Crippen LogP) is 4.67. The molecule has 1 aliphatic heterocycles. The fourth-order valence-electron chi connectivity index (χ4n) is 4.22. The van der Waals surface area contributed by atoms with Gasteiger partial charge in [-0.05, 0) is 55.2 Å². The van der Waals surface area contributed by atoms with E-state index in [1.165, 1.54) is 40.8 Å². The molecule has 2 aromatic carbocycles. The summed E-state index contributed by atoms with van der Waals surface area (Å²) in [7, 11) is 0. The number of rotatable bonds is 5. The third-order valence-electron chi connectivity index (χ3n) is 5.89. The highest BCUT2D eigenvalue weighted by atomic mass is 32.1. The molecule has 3 heterocycles. The number of thiophene rings is 1. The van der Waals surface area contributed by atoms with Gasteiger partial charge < -0.3 is 10.2 Å². The van der Waals surface area contributed by atoms with Crippen LogP contribution in [-0.4, -0.2) is 28.5 Å². The van der Waals surface area contributed by atoms with E-state index in [-0.39, 0.29) is 18.0 Å². The molecule has 162 valence electrons. The SMILES string of the molecule is Cc1c(-c2ccccc2)sc2ncn(CC(=O)Nc3ccc(N4CCCC4)cc3)c(=O)c12. The molecule has 0 unspecified atom stereocenters. The third kappa shape index (κ3) is 3.91. The van der Waals surface area contributed by atoms with Gasteiger partial charge in [0, 0.05) is 29.3 Å². The van der Waals surface area contributed by atoms with Gasteiger partial charge in [0.05, 0.1) is 11.7 Å². The average Bonchev–Trinajstić information content (AvgIpc) is 3.46. The van der Waals surface area contributed by atoms with Crippen LogP contribution in [0.1, 0.15) is 18.4 Å². The van der Waals surface area contributed by atoms with Crippen molar-refractivity contribution in [1.82, 2.24) is 9.55 Å². The van der Waals surface area contributed by atoms with Crippen molar-refractivity contribution < 1.29 is 4.79 Å².